The maximum absolute atomic E-state index is 12.5. The molecule has 1 amide bonds. The topological polar surface area (TPSA) is 72.7 Å². The first-order chi connectivity index (χ1) is 15.0. The average Bonchev–Trinajstić information content (AvgIpc) is 3.22. The number of hydrogen-bond donors (Lipinski definition) is 1. The van der Waals surface area contributed by atoms with Gasteiger partial charge in [-0.2, -0.15) is 4.68 Å². The molecule has 1 aromatic heterocycles. The minimum Gasteiger partial charge on any atom is -0.324 e. The number of anilines is 1. The molecule has 0 atom stereocenters. The summed E-state index contributed by atoms with van der Waals surface area (Å²) in [5.41, 5.74) is 4.27. The quantitative estimate of drug-likeness (QED) is 0.368. The highest BCUT2D eigenvalue weighted by Crippen LogP contribution is 2.29. The van der Waals surface area contributed by atoms with E-state index in [1.165, 1.54) is 16.4 Å². The van der Waals surface area contributed by atoms with E-state index in [2.05, 4.69) is 20.8 Å². The normalized spacial score (nSPS) is 10.8. The smallest absolute Gasteiger partial charge is 0.234 e. The van der Waals surface area contributed by atoms with Gasteiger partial charge < -0.3 is 5.32 Å². The number of nitrogens with zero attached hydrogens (tertiary/aromatic N) is 4. The van der Waals surface area contributed by atoms with Crippen LogP contribution in [0, 0.1) is 6.92 Å². The molecule has 1 heterocycles. The Bertz CT molecular complexity index is 1230. The number of aryl methyl sites for hydroxylation is 1. The Morgan fingerprint density at radius 3 is 2.55 bits per heavy atom. The third-order valence-electron chi connectivity index (χ3n) is 4.45. The lowest BCUT2D eigenvalue weighted by Gasteiger charge is -2.10. The van der Waals surface area contributed by atoms with Gasteiger partial charge in [0, 0.05) is 0 Å². The highest BCUT2D eigenvalue weighted by Gasteiger charge is 2.15. The molecule has 9 heteroatoms. The van der Waals surface area contributed by atoms with E-state index in [-0.39, 0.29) is 11.7 Å². The molecule has 1 N–H and O–H groups in total. The number of carbonyl (C=O) groups is 1. The van der Waals surface area contributed by atoms with E-state index >= 15 is 0 Å². The Morgan fingerprint density at radius 1 is 1.00 bits per heavy atom. The molecule has 4 aromatic rings. The maximum Gasteiger partial charge on any atom is 0.234 e. The third kappa shape index (κ3) is 5.07. The van der Waals surface area contributed by atoms with Gasteiger partial charge in [-0.05, 0) is 58.3 Å². The molecule has 0 radical (unpaired) electrons. The van der Waals surface area contributed by atoms with Crippen LogP contribution in [-0.2, 0) is 4.79 Å². The van der Waals surface area contributed by atoms with Gasteiger partial charge in [0.15, 0.2) is 0 Å². The number of amides is 1. The van der Waals surface area contributed by atoms with Crippen LogP contribution in [0.3, 0.4) is 0 Å². The molecule has 31 heavy (non-hydrogen) atoms. The summed E-state index contributed by atoms with van der Waals surface area (Å²) >= 11 is 13.9. The first kappa shape index (κ1) is 21.4. The maximum atomic E-state index is 12.5. The van der Waals surface area contributed by atoms with E-state index in [4.69, 9.17) is 23.2 Å². The van der Waals surface area contributed by atoms with Crippen LogP contribution in [0.15, 0.2) is 71.9 Å². The molecule has 0 aliphatic carbocycles. The fraction of sp³-hybridized carbons (Fsp3) is 0.0909. The summed E-state index contributed by atoms with van der Waals surface area (Å²) in [6.07, 6.45) is 0. The van der Waals surface area contributed by atoms with Crippen LogP contribution < -0.4 is 5.32 Å². The Morgan fingerprint density at radius 2 is 1.81 bits per heavy atom. The van der Waals surface area contributed by atoms with Gasteiger partial charge in [0.05, 0.1) is 27.2 Å². The van der Waals surface area contributed by atoms with Crippen LogP contribution in [-0.4, -0.2) is 31.9 Å². The lowest BCUT2D eigenvalue weighted by atomic mass is 10.1. The molecule has 0 aliphatic heterocycles. The summed E-state index contributed by atoms with van der Waals surface area (Å²) in [4.78, 5) is 12.5. The minimum absolute atomic E-state index is 0.112. The van der Waals surface area contributed by atoms with E-state index in [0.717, 1.165) is 16.7 Å². The van der Waals surface area contributed by atoms with Gasteiger partial charge in [0.1, 0.15) is 0 Å². The van der Waals surface area contributed by atoms with Crippen LogP contribution in [0.25, 0.3) is 16.8 Å². The Balaban J connectivity index is 1.42. The molecule has 0 bridgehead atoms. The standard InChI is InChI=1S/C22H17Cl2N5OS/c1-14-7-10-20(18(24)11-14)29-22(26-27-28-29)31-13-21(30)25-19-9-8-16(12-17(19)23)15-5-3-2-4-6-15/h2-12H,13H2,1H3,(H,25,30). The largest absolute Gasteiger partial charge is 0.324 e. The predicted octanol–water partition coefficient (Wildman–Crippen LogP) is 5.68. The fourth-order valence-corrected chi connectivity index (χ4v) is 4.17. The van der Waals surface area contributed by atoms with E-state index < -0.39 is 0 Å². The molecule has 0 spiro atoms. The van der Waals surface area contributed by atoms with E-state index in [0.29, 0.717) is 26.6 Å². The number of halogens is 2. The second-order valence-electron chi connectivity index (χ2n) is 6.73. The zero-order chi connectivity index (χ0) is 21.8. The molecule has 0 aliphatic rings. The summed E-state index contributed by atoms with van der Waals surface area (Å²) in [5, 5.41) is 16.0. The van der Waals surface area contributed by atoms with Crippen LogP contribution in [0.4, 0.5) is 5.69 Å². The van der Waals surface area contributed by atoms with Crippen molar-refractivity contribution < 1.29 is 4.79 Å². The third-order valence-corrected chi connectivity index (χ3v) is 5.99. The van der Waals surface area contributed by atoms with Crippen LogP contribution >= 0.6 is 35.0 Å². The number of hydrogen-bond acceptors (Lipinski definition) is 5. The Labute approximate surface area is 193 Å². The molecule has 4 rings (SSSR count). The van der Waals surface area contributed by atoms with Crippen molar-refractivity contribution in [3.63, 3.8) is 0 Å². The van der Waals surface area contributed by atoms with Crippen molar-refractivity contribution >= 4 is 46.6 Å². The molecular weight excluding hydrogens is 453 g/mol. The number of benzene rings is 3. The zero-order valence-electron chi connectivity index (χ0n) is 16.4. The number of aromatic nitrogens is 4. The van der Waals surface area contributed by atoms with Gasteiger partial charge in [0.25, 0.3) is 0 Å². The number of thioether (sulfide) groups is 1. The second kappa shape index (κ2) is 9.51. The molecule has 156 valence electrons. The van der Waals surface area contributed by atoms with Gasteiger partial charge in [-0.25, -0.2) is 0 Å². The van der Waals surface area contributed by atoms with Crippen molar-refractivity contribution in [2.45, 2.75) is 12.1 Å². The van der Waals surface area contributed by atoms with Gasteiger partial charge in [-0.3, -0.25) is 4.79 Å². The summed E-state index contributed by atoms with van der Waals surface area (Å²) in [7, 11) is 0. The van der Waals surface area contributed by atoms with Crippen LogP contribution in [0.2, 0.25) is 10.0 Å². The Kier molecular flexibility index (Phi) is 6.56. The first-order valence-electron chi connectivity index (χ1n) is 9.34. The summed E-state index contributed by atoms with van der Waals surface area (Å²) < 4.78 is 1.52. The SMILES string of the molecule is Cc1ccc(-n2nnnc2SCC(=O)Nc2ccc(-c3ccccc3)cc2Cl)c(Cl)c1. The molecule has 3 aromatic carbocycles. The second-order valence-corrected chi connectivity index (χ2v) is 8.48. The van der Waals surface area contributed by atoms with Gasteiger partial charge in [-0.1, -0.05) is 77.4 Å². The van der Waals surface area contributed by atoms with Gasteiger partial charge in [-0.15, -0.1) is 5.10 Å². The molecule has 0 saturated heterocycles. The molecule has 6 nitrogen and oxygen atoms in total. The lowest BCUT2D eigenvalue weighted by Crippen LogP contribution is -2.15. The fourth-order valence-electron chi connectivity index (χ4n) is 2.95. The van der Waals surface area contributed by atoms with E-state index in [1.54, 1.807) is 6.07 Å². The lowest BCUT2D eigenvalue weighted by molar-refractivity contribution is -0.113. The first-order valence-corrected chi connectivity index (χ1v) is 11.1. The van der Waals surface area contributed by atoms with Crippen molar-refractivity contribution in [1.29, 1.82) is 0 Å². The highest BCUT2D eigenvalue weighted by atomic mass is 35.5. The van der Waals surface area contributed by atoms with Crippen molar-refractivity contribution in [1.82, 2.24) is 20.2 Å². The van der Waals surface area contributed by atoms with E-state index in [1.807, 2.05) is 67.6 Å². The minimum atomic E-state index is -0.219. The summed E-state index contributed by atoms with van der Waals surface area (Å²) in [6.45, 7) is 1.95. The monoisotopic (exact) mass is 469 g/mol. The zero-order valence-corrected chi connectivity index (χ0v) is 18.7. The average molecular weight is 470 g/mol. The molecule has 0 saturated carbocycles. The summed E-state index contributed by atoms with van der Waals surface area (Å²) in [5.74, 6) is -0.107. The summed E-state index contributed by atoms with van der Waals surface area (Å²) in [6, 6.07) is 21.0. The highest BCUT2D eigenvalue weighted by molar-refractivity contribution is 7.99. The number of rotatable bonds is 6. The molecule has 0 fully saturated rings. The van der Waals surface area contributed by atoms with Crippen molar-refractivity contribution in [2.75, 3.05) is 11.1 Å². The van der Waals surface area contributed by atoms with Crippen LogP contribution in [0.5, 0.6) is 0 Å². The number of carbonyl (C=O) groups excluding carboxylic acids is 1. The predicted molar refractivity (Wildman–Crippen MR) is 125 cm³/mol. The van der Waals surface area contributed by atoms with Gasteiger partial charge in [0.2, 0.25) is 11.1 Å². The van der Waals surface area contributed by atoms with Crippen molar-refractivity contribution in [2.24, 2.45) is 0 Å². The molecule has 0 unspecified atom stereocenters. The van der Waals surface area contributed by atoms with E-state index in [9.17, 15) is 4.79 Å². The molecular formula is C22H17Cl2N5OS. The van der Waals surface area contributed by atoms with Crippen LogP contribution in [0.1, 0.15) is 5.56 Å². The number of tetrazole rings is 1. The Hall–Kier alpha value is -2.87. The van der Waals surface area contributed by atoms with Gasteiger partial charge >= 0.3 is 0 Å². The number of nitrogens with one attached hydrogen (secondary N) is 1. The van der Waals surface area contributed by atoms with Crippen molar-refractivity contribution in [3.05, 3.63) is 82.3 Å². The van der Waals surface area contributed by atoms with Crippen molar-refractivity contribution in [3.8, 4) is 16.8 Å².